The van der Waals surface area contributed by atoms with Gasteiger partial charge in [0.2, 0.25) is 0 Å². The van der Waals surface area contributed by atoms with Gasteiger partial charge in [-0.3, -0.25) is 0 Å². The highest BCUT2D eigenvalue weighted by Crippen LogP contribution is 2.28. The molecule has 0 aromatic rings. The summed E-state index contributed by atoms with van der Waals surface area (Å²) in [5, 5.41) is 3.47. The van der Waals surface area contributed by atoms with E-state index >= 15 is 0 Å². The molecule has 1 aliphatic carbocycles. The van der Waals surface area contributed by atoms with Crippen molar-refractivity contribution in [2.75, 3.05) is 20.2 Å². The predicted molar refractivity (Wildman–Crippen MR) is 60.5 cm³/mol. The summed E-state index contributed by atoms with van der Waals surface area (Å²) in [6, 6.07) is 0. The van der Waals surface area contributed by atoms with Gasteiger partial charge in [-0.2, -0.15) is 0 Å². The maximum absolute atomic E-state index is 5.53. The van der Waals surface area contributed by atoms with Crippen LogP contribution in [-0.2, 0) is 4.74 Å². The summed E-state index contributed by atoms with van der Waals surface area (Å²) >= 11 is 0. The van der Waals surface area contributed by atoms with E-state index in [0.717, 1.165) is 12.5 Å². The first-order valence-corrected chi connectivity index (χ1v) is 6.12. The lowest BCUT2D eigenvalue weighted by Crippen LogP contribution is -2.30. The number of nitrogens with one attached hydrogen (secondary N) is 1. The van der Waals surface area contributed by atoms with E-state index in [2.05, 4.69) is 12.2 Å². The first-order chi connectivity index (χ1) is 6.88. The molecule has 0 spiro atoms. The molecule has 0 radical (unpaired) electrons. The molecule has 2 heteroatoms. The minimum atomic E-state index is 0.534. The van der Waals surface area contributed by atoms with Crippen molar-refractivity contribution in [3.05, 3.63) is 0 Å². The Morgan fingerprint density at radius 2 is 2.00 bits per heavy atom. The van der Waals surface area contributed by atoms with Crippen molar-refractivity contribution in [3.63, 3.8) is 0 Å². The molecule has 1 N–H and O–H groups in total. The molecule has 0 aliphatic heterocycles. The molecule has 1 saturated carbocycles. The molecule has 2 atom stereocenters. The van der Waals surface area contributed by atoms with E-state index < -0.39 is 0 Å². The van der Waals surface area contributed by atoms with E-state index in [4.69, 9.17) is 4.74 Å². The fourth-order valence-electron chi connectivity index (χ4n) is 2.40. The summed E-state index contributed by atoms with van der Waals surface area (Å²) in [4.78, 5) is 0. The average molecular weight is 199 g/mol. The maximum Gasteiger partial charge on any atom is 0.0600 e. The Bertz CT molecular complexity index is 138. The van der Waals surface area contributed by atoms with Crippen LogP contribution in [0.1, 0.15) is 45.4 Å². The first kappa shape index (κ1) is 12.0. The minimum Gasteiger partial charge on any atom is -0.381 e. The Morgan fingerprint density at radius 1 is 1.21 bits per heavy atom. The van der Waals surface area contributed by atoms with E-state index in [-0.39, 0.29) is 0 Å². The Labute approximate surface area is 88.4 Å². The third-order valence-corrected chi connectivity index (χ3v) is 3.26. The van der Waals surface area contributed by atoms with Gasteiger partial charge in [0, 0.05) is 7.11 Å². The van der Waals surface area contributed by atoms with Crippen molar-refractivity contribution in [2.24, 2.45) is 5.92 Å². The van der Waals surface area contributed by atoms with Crippen LogP contribution in [0.3, 0.4) is 0 Å². The highest BCUT2D eigenvalue weighted by molar-refractivity contribution is 4.76. The smallest absolute Gasteiger partial charge is 0.0600 e. The largest absolute Gasteiger partial charge is 0.381 e. The topological polar surface area (TPSA) is 21.3 Å². The van der Waals surface area contributed by atoms with Gasteiger partial charge in [-0.1, -0.05) is 19.8 Å². The van der Waals surface area contributed by atoms with Crippen molar-refractivity contribution in [3.8, 4) is 0 Å². The highest BCUT2D eigenvalue weighted by Gasteiger charge is 2.23. The molecule has 0 heterocycles. The Hall–Kier alpha value is -0.0800. The molecule has 0 aromatic carbocycles. The molecule has 1 aliphatic rings. The zero-order valence-electron chi connectivity index (χ0n) is 9.72. The molecule has 0 bridgehead atoms. The minimum absolute atomic E-state index is 0.534. The lowest BCUT2D eigenvalue weighted by atomic mass is 9.84. The van der Waals surface area contributed by atoms with Gasteiger partial charge < -0.3 is 10.1 Å². The van der Waals surface area contributed by atoms with Crippen molar-refractivity contribution < 1.29 is 4.74 Å². The third kappa shape index (κ3) is 3.97. The van der Waals surface area contributed by atoms with Crippen molar-refractivity contribution >= 4 is 0 Å². The number of methoxy groups -OCH3 is 1. The monoisotopic (exact) mass is 199 g/mol. The zero-order valence-corrected chi connectivity index (χ0v) is 9.72. The van der Waals surface area contributed by atoms with Crippen LogP contribution in [0.5, 0.6) is 0 Å². The number of rotatable bonds is 6. The number of ether oxygens (including phenoxy) is 1. The predicted octanol–water partition coefficient (Wildman–Crippen LogP) is 2.58. The molecule has 1 fully saturated rings. The van der Waals surface area contributed by atoms with E-state index in [1.54, 1.807) is 0 Å². The molecule has 84 valence electrons. The van der Waals surface area contributed by atoms with Gasteiger partial charge >= 0.3 is 0 Å². The molecule has 0 aromatic heterocycles. The van der Waals surface area contributed by atoms with Gasteiger partial charge in [-0.25, -0.2) is 0 Å². The summed E-state index contributed by atoms with van der Waals surface area (Å²) < 4.78 is 5.53. The normalized spacial score (nSPS) is 27.9. The van der Waals surface area contributed by atoms with E-state index in [9.17, 15) is 0 Å². The molecular weight excluding hydrogens is 174 g/mol. The summed E-state index contributed by atoms with van der Waals surface area (Å²) in [6.07, 6.45) is 8.46. The Balaban J connectivity index is 2.13. The molecule has 1 rings (SSSR count). The van der Waals surface area contributed by atoms with Gasteiger partial charge in [0.25, 0.3) is 0 Å². The van der Waals surface area contributed by atoms with E-state index in [1.807, 2.05) is 7.11 Å². The van der Waals surface area contributed by atoms with Gasteiger partial charge in [0.05, 0.1) is 6.10 Å². The van der Waals surface area contributed by atoms with Crippen molar-refractivity contribution in [1.29, 1.82) is 0 Å². The van der Waals surface area contributed by atoms with Crippen LogP contribution in [0.2, 0.25) is 0 Å². The van der Waals surface area contributed by atoms with E-state index in [0.29, 0.717) is 6.10 Å². The van der Waals surface area contributed by atoms with Crippen LogP contribution >= 0.6 is 0 Å². The Kier molecular flexibility index (Phi) is 6.20. The lowest BCUT2D eigenvalue weighted by molar-refractivity contribution is 0.0206. The highest BCUT2D eigenvalue weighted by atomic mass is 16.5. The second-order valence-electron chi connectivity index (χ2n) is 4.36. The van der Waals surface area contributed by atoms with Crippen LogP contribution < -0.4 is 5.32 Å². The van der Waals surface area contributed by atoms with Gasteiger partial charge in [-0.15, -0.1) is 0 Å². The van der Waals surface area contributed by atoms with E-state index in [1.165, 1.54) is 45.1 Å². The fraction of sp³-hybridized carbons (Fsp3) is 1.00. The summed E-state index contributed by atoms with van der Waals surface area (Å²) in [5.41, 5.74) is 0. The number of hydrogen-bond donors (Lipinski definition) is 1. The third-order valence-electron chi connectivity index (χ3n) is 3.26. The molecule has 14 heavy (non-hydrogen) atoms. The van der Waals surface area contributed by atoms with Crippen molar-refractivity contribution in [2.45, 2.75) is 51.6 Å². The zero-order chi connectivity index (χ0) is 10.2. The quantitative estimate of drug-likeness (QED) is 0.664. The molecule has 0 amide bonds. The molecule has 0 saturated heterocycles. The van der Waals surface area contributed by atoms with Gasteiger partial charge in [0.1, 0.15) is 0 Å². The molecule has 2 nitrogen and oxygen atoms in total. The summed E-state index contributed by atoms with van der Waals surface area (Å²) in [7, 11) is 1.86. The van der Waals surface area contributed by atoms with Crippen molar-refractivity contribution in [1.82, 2.24) is 5.32 Å². The standard InChI is InChI=1S/C12H25NO/c1-3-9-13-10-8-11-6-4-5-7-12(11)14-2/h11-13H,3-10H2,1-2H3/t11-,12+/m1/s1. The second-order valence-corrected chi connectivity index (χ2v) is 4.36. The second kappa shape index (κ2) is 7.24. The Morgan fingerprint density at radius 3 is 2.71 bits per heavy atom. The van der Waals surface area contributed by atoms with Gasteiger partial charge in [0.15, 0.2) is 0 Å². The lowest BCUT2D eigenvalue weighted by Gasteiger charge is -2.30. The average Bonchev–Trinajstić information content (AvgIpc) is 2.25. The van der Waals surface area contributed by atoms with Crippen LogP contribution in [0.15, 0.2) is 0 Å². The SMILES string of the molecule is CCCNCC[C@H]1CCCC[C@@H]1OC. The summed E-state index contributed by atoms with van der Waals surface area (Å²) in [6.45, 7) is 4.54. The van der Waals surface area contributed by atoms with Crippen LogP contribution in [0.25, 0.3) is 0 Å². The van der Waals surface area contributed by atoms with Crippen LogP contribution in [0.4, 0.5) is 0 Å². The van der Waals surface area contributed by atoms with Gasteiger partial charge in [-0.05, 0) is 44.7 Å². The summed E-state index contributed by atoms with van der Waals surface area (Å²) in [5.74, 6) is 0.804. The number of hydrogen-bond acceptors (Lipinski definition) is 2. The van der Waals surface area contributed by atoms with Crippen LogP contribution in [-0.4, -0.2) is 26.3 Å². The fourth-order valence-corrected chi connectivity index (χ4v) is 2.40. The first-order valence-electron chi connectivity index (χ1n) is 6.12. The molecule has 0 unspecified atom stereocenters. The van der Waals surface area contributed by atoms with Crippen LogP contribution in [0, 0.1) is 5.92 Å². The molecular formula is C12H25NO. The maximum atomic E-state index is 5.53.